The lowest BCUT2D eigenvalue weighted by molar-refractivity contribution is 0.391. The molecule has 2 nitrogen and oxygen atoms in total. The summed E-state index contributed by atoms with van der Waals surface area (Å²) in [7, 11) is 0. The molecule has 2 aliphatic heterocycles. The fourth-order valence-corrected chi connectivity index (χ4v) is 11.4. The molecule has 5 aliphatic rings. The first-order chi connectivity index (χ1) is 26.9. The van der Waals surface area contributed by atoms with E-state index in [4.69, 9.17) is 0 Å². The zero-order chi connectivity index (χ0) is 36.8. The Morgan fingerprint density at radius 2 is 1.49 bits per heavy atom. The first-order valence-corrected chi connectivity index (χ1v) is 21.0. The summed E-state index contributed by atoms with van der Waals surface area (Å²) in [5.74, 6) is 1.44. The Labute approximate surface area is 329 Å². The number of benzene rings is 5. The van der Waals surface area contributed by atoms with Gasteiger partial charge in [-0.3, -0.25) is 0 Å². The maximum atomic E-state index is 2.58. The van der Waals surface area contributed by atoms with E-state index >= 15 is 0 Å². The van der Waals surface area contributed by atoms with E-state index in [9.17, 15) is 0 Å². The van der Waals surface area contributed by atoms with Gasteiger partial charge in [0.1, 0.15) is 0 Å². The number of hydrogen-bond acceptors (Lipinski definition) is 3. The molecule has 0 saturated carbocycles. The van der Waals surface area contributed by atoms with Gasteiger partial charge in [-0.2, -0.15) is 0 Å². The van der Waals surface area contributed by atoms with Crippen LogP contribution >= 0.6 is 11.3 Å². The highest BCUT2D eigenvalue weighted by molar-refractivity contribution is 7.25. The second-order valence-corrected chi connectivity index (χ2v) is 18.1. The van der Waals surface area contributed by atoms with Crippen LogP contribution in [0.3, 0.4) is 0 Å². The molecule has 3 aliphatic carbocycles. The number of nitrogens with zero attached hydrogens (tertiary/aromatic N) is 2. The smallest absolute Gasteiger partial charge is 0.0496 e. The molecule has 270 valence electrons. The fourth-order valence-electron chi connectivity index (χ4n) is 10.4. The predicted octanol–water partition coefficient (Wildman–Crippen LogP) is 13.7. The van der Waals surface area contributed by atoms with Gasteiger partial charge in [0, 0.05) is 61.1 Å². The van der Waals surface area contributed by atoms with Gasteiger partial charge in [-0.05, 0) is 137 Å². The van der Waals surface area contributed by atoms with Crippen molar-refractivity contribution in [2.75, 3.05) is 16.3 Å². The molecular formula is C52H46N2S. The Bertz CT molecular complexity index is 2710. The zero-order valence-corrected chi connectivity index (χ0v) is 32.7. The molecule has 0 saturated heterocycles. The maximum absolute atomic E-state index is 2.58. The third-order valence-electron chi connectivity index (χ3n) is 13.2. The summed E-state index contributed by atoms with van der Waals surface area (Å²) >= 11 is 1.90. The Kier molecular flexibility index (Phi) is 7.55. The van der Waals surface area contributed by atoms with Crippen LogP contribution in [0.1, 0.15) is 72.9 Å². The highest BCUT2D eigenvalue weighted by Gasteiger charge is 2.45. The van der Waals surface area contributed by atoms with E-state index in [-0.39, 0.29) is 5.41 Å². The van der Waals surface area contributed by atoms with Gasteiger partial charge in [-0.15, -0.1) is 11.3 Å². The van der Waals surface area contributed by atoms with Gasteiger partial charge in [-0.25, -0.2) is 0 Å². The third kappa shape index (κ3) is 5.34. The van der Waals surface area contributed by atoms with Crippen molar-refractivity contribution in [3.63, 3.8) is 0 Å². The lowest BCUT2D eigenvalue weighted by Gasteiger charge is -2.37. The molecule has 0 spiro atoms. The number of thiophene rings is 1. The lowest BCUT2D eigenvalue weighted by Crippen LogP contribution is -2.32. The molecule has 3 heteroatoms. The molecule has 0 N–H and O–H groups in total. The van der Waals surface area contributed by atoms with E-state index in [0.717, 1.165) is 19.4 Å². The van der Waals surface area contributed by atoms with Crippen molar-refractivity contribution >= 4 is 60.7 Å². The average molecular weight is 731 g/mol. The standard InChI is InChI=1S/C52H46N2S/c1-33-14-23-49-38(27-33)30-37-10-5-7-13-48(37)54(49)40-20-25-51-44(31-40)43-28-34(18-24-50(43)55-51)15-16-35-17-21-41-42-22-19-39(32-46(42)52(2,3)45(41)29-35)53-26-8-11-36-9-4-6-12-47(36)53/h4-7,9-10,12-25,28-29,31-33,42,46H,8,11,26-27,30H2,1-3H3. The van der Waals surface area contributed by atoms with E-state index in [0.29, 0.717) is 17.8 Å². The Balaban J connectivity index is 0.902. The van der Waals surface area contributed by atoms with Gasteiger partial charge in [0.05, 0.1) is 0 Å². The normalized spacial score (nSPS) is 22.2. The van der Waals surface area contributed by atoms with E-state index in [1.807, 2.05) is 11.3 Å². The van der Waals surface area contributed by atoms with Crippen LogP contribution in [-0.4, -0.2) is 6.54 Å². The summed E-state index contributed by atoms with van der Waals surface area (Å²) in [5, 5.41) is 2.67. The van der Waals surface area contributed by atoms with Crippen LogP contribution in [0.15, 0.2) is 150 Å². The number of anilines is 3. The van der Waals surface area contributed by atoms with Crippen LogP contribution in [0.4, 0.5) is 17.1 Å². The first-order valence-electron chi connectivity index (χ1n) is 20.2. The number of hydrogen-bond donors (Lipinski definition) is 0. The lowest BCUT2D eigenvalue weighted by atomic mass is 9.74. The zero-order valence-electron chi connectivity index (χ0n) is 31.9. The molecule has 0 bridgehead atoms. The molecule has 0 fully saturated rings. The number of fused-ring (bicyclic) bond motifs is 8. The van der Waals surface area contributed by atoms with Crippen LogP contribution in [0.5, 0.6) is 0 Å². The van der Waals surface area contributed by atoms with Crippen molar-refractivity contribution in [3.8, 4) is 0 Å². The van der Waals surface area contributed by atoms with Crippen molar-refractivity contribution in [1.29, 1.82) is 0 Å². The molecule has 55 heavy (non-hydrogen) atoms. The monoisotopic (exact) mass is 730 g/mol. The number of rotatable bonds is 4. The molecule has 5 aromatic carbocycles. The van der Waals surface area contributed by atoms with Crippen molar-refractivity contribution in [1.82, 2.24) is 0 Å². The molecule has 6 aromatic rings. The van der Waals surface area contributed by atoms with Gasteiger partial charge in [0.15, 0.2) is 0 Å². The van der Waals surface area contributed by atoms with E-state index in [1.165, 1.54) is 94.9 Å². The average Bonchev–Trinajstić information content (AvgIpc) is 3.69. The molecule has 11 rings (SSSR count). The Hall–Kier alpha value is -5.38. The van der Waals surface area contributed by atoms with Crippen molar-refractivity contribution in [2.24, 2.45) is 11.8 Å². The topological polar surface area (TPSA) is 6.48 Å². The molecule has 0 amide bonds. The number of aryl methyl sites for hydroxylation is 1. The minimum absolute atomic E-state index is 0.0404. The third-order valence-corrected chi connectivity index (χ3v) is 14.3. The van der Waals surface area contributed by atoms with E-state index in [1.54, 1.807) is 5.57 Å². The second-order valence-electron chi connectivity index (χ2n) is 17.0. The van der Waals surface area contributed by atoms with Crippen LogP contribution in [0.25, 0.3) is 32.3 Å². The summed E-state index contributed by atoms with van der Waals surface area (Å²) in [6, 6.07) is 39.2. The molecule has 0 radical (unpaired) electrons. The largest absolute Gasteiger partial charge is 0.342 e. The van der Waals surface area contributed by atoms with Crippen LogP contribution in [0, 0.1) is 11.8 Å². The van der Waals surface area contributed by atoms with Gasteiger partial charge in [-0.1, -0.05) is 112 Å². The Morgan fingerprint density at radius 3 is 2.36 bits per heavy atom. The second kappa shape index (κ2) is 12.6. The van der Waals surface area contributed by atoms with Gasteiger partial charge in [0.2, 0.25) is 0 Å². The van der Waals surface area contributed by atoms with E-state index in [2.05, 4.69) is 176 Å². The molecule has 3 unspecified atom stereocenters. The van der Waals surface area contributed by atoms with Crippen molar-refractivity contribution in [2.45, 2.75) is 57.8 Å². The summed E-state index contributed by atoms with van der Waals surface area (Å²) in [4.78, 5) is 5.06. The fraction of sp³-hybridized carbons (Fsp3) is 0.231. The highest BCUT2D eigenvalue weighted by Crippen LogP contribution is 2.54. The van der Waals surface area contributed by atoms with E-state index < -0.39 is 0 Å². The number of para-hydroxylation sites is 2. The highest BCUT2D eigenvalue weighted by atomic mass is 32.1. The summed E-state index contributed by atoms with van der Waals surface area (Å²) < 4.78 is 2.68. The van der Waals surface area contributed by atoms with Crippen LogP contribution in [0.2, 0.25) is 0 Å². The summed E-state index contributed by atoms with van der Waals surface area (Å²) in [6.45, 7) is 8.33. The van der Waals surface area contributed by atoms with Gasteiger partial charge < -0.3 is 9.80 Å². The van der Waals surface area contributed by atoms with Gasteiger partial charge in [0.25, 0.3) is 0 Å². The van der Waals surface area contributed by atoms with Gasteiger partial charge >= 0.3 is 0 Å². The molecular weight excluding hydrogens is 685 g/mol. The van der Waals surface area contributed by atoms with Crippen molar-refractivity contribution < 1.29 is 0 Å². The molecule has 3 atom stereocenters. The summed E-state index contributed by atoms with van der Waals surface area (Å²) in [6.07, 6.45) is 21.4. The summed E-state index contributed by atoms with van der Waals surface area (Å²) in [5.41, 5.74) is 16.6. The van der Waals surface area contributed by atoms with Crippen LogP contribution < -0.4 is 9.80 Å². The first kappa shape index (κ1) is 33.0. The van der Waals surface area contributed by atoms with Crippen molar-refractivity contribution in [3.05, 3.63) is 184 Å². The minimum atomic E-state index is 0.0404. The molecule has 1 aromatic heterocycles. The minimum Gasteiger partial charge on any atom is -0.342 e. The Morgan fingerprint density at radius 1 is 0.745 bits per heavy atom. The quantitative estimate of drug-likeness (QED) is 0.167. The predicted molar refractivity (Wildman–Crippen MR) is 236 cm³/mol. The number of allylic oxidation sites excluding steroid dienone is 6. The molecule has 3 heterocycles. The SMILES string of the molecule is CC1C=CC2=C(Cc3ccccc3N2c2ccc3sc4ccc(C=Cc5ccc6c(c5)C(C)(C)C5C=C(N7CCCc8ccccc87)C=CC65)cc4c3c2)C1. The maximum Gasteiger partial charge on any atom is 0.0496 e. The van der Waals surface area contributed by atoms with Crippen LogP contribution in [-0.2, 0) is 18.3 Å².